The van der Waals surface area contributed by atoms with Crippen LogP contribution in [0.1, 0.15) is 10.4 Å². The zero-order valence-corrected chi connectivity index (χ0v) is 11.4. The first-order valence-corrected chi connectivity index (χ1v) is 6.26. The van der Waals surface area contributed by atoms with E-state index in [1.165, 1.54) is 18.2 Å². The Morgan fingerprint density at radius 1 is 1.17 bits per heavy atom. The number of carbonyl (C=O) groups is 1. The van der Waals surface area contributed by atoms with Crippen LogP contribution >= 0.6 is 27.5 Å². The Morgan fingerprint density at radius 3 is 2.50 bits per heavy atom. The highest BCUT2D eigenvalue weighted by atomic mass is 79.9. The monoisotopic (exact) mass is 327 g/mol. The molecule has 0 fully saturated rings. The van der Waals surface area contributed by atoms with E-state index in [4.69, 9.17) is 11.6 Å². The first-order chi connectivity index (χ1) is 8.58. The predicted molar refractivity (Wildman–Crippen MR) is 73.5 cm³/mol. The molecule has 0 aliphatic heterocycles. The second-order valence-corrected chi connectivity index (χ2v) is 4.89. The minimum absolute atomic E-state index is 0.0709. The quantitative estimate of drug-likeness (QED) is 0.864. The molecule has 0 aromatic heterocycles. The van der Waals surface area contributed by atoms with Crippen LogP contribution in [0.4, 0.5) is 10.1 Å². The summed E-state index contributed by atoms with van der Waals surface area (Å²) in [4.78, 5) is 11.9. The highest BCUT2D eigenvalue weighted by Gasteiger charge is 2.13. The molecule has 0 saturated heterocycles. The summed E-state index contributed by atoms with van der Waals surface area (Å²) in [6, 6.07) is 11.3. The summed E-state index contributed by atoms with van der Waals surface area (Å²) in [6.45, 7) is 0. The van der Waals surface area contributed by atoms with Gasteiger partial charge < -0.3 is 5.32 Å². The molecular weight excluding hydrogens is 321 g/mol. The molecule has 0 aliphatic rings. The van der Waals surface area contributed by atoms with E-state index in [0.717, 1.165) is 4.47 Å². The van der Waals surface area contributed by atoms with E-state index in [9.17, 15) is 9.18 Å². The SMILES string of the molecule is O=C(Nc1ccc(Br)cc1)c1cccc(Cl)c1F. The fourth-order valence-corrected chi connectivity index (χ4v) is 1.85. The Morgan fingerprint density at radius 2 is 1.83 bits per heavy atom. The number of rotatable bonds is 2. The van der Waals surface area contributed by atoms with Gasteiger partial charge >= 0.3 is 0 Å². The smallest absolute Gasteiger partial charge is 0.258 e. The lowest BCUT2D eigenvalue weighted by atomic mass is 10.2. The van der Waals surface area contributed by atoms with Crippen molar-refractivity contribution in [3.63, 3.8) is 0 Å². The summed E-state index contributed by atoms with van der Waals surface area (Å²) in [5, 5.41) is 2.52. The van der Waals surface area contributed by atoms with Crippen LogP contribution in [0.5, 0.6) is 0 Å². The molecule has 0 radical (unpaired) electrons. The van der Waals surface area contributed by atoms with E-state index in [-0.39, 0.29) is 10.6 Å². The molecule has 0 heterocycles. The molecule has 2 aromatic rings. The maximum atomic E-state index is 13.6. The molecule has 1 N–H and O–H groups in total. The first kappa shape index (κ1) is 13.1. The predicted octanol–water partition coefficient (Wildman–Crippen LogP) is 4.49. The summed E-state index contributed by atoms with van der Waals surface area (Å²) >= 11 is 8.91. The summed E-state index contributed by atoms with van der Waals surface area (Å²) < 4.78 is 14.5. The van der Waals surface area contributed by atoms with Crippen LogP contribution in [-0.4, -0.2) is 5.91 Å². The summed E-state index contributed by atoms with van der Waals surface area (Å²) in [6.07, 6.45) is 0. The molecule has 0 saturated carbocycles. The minimum atomic E-state index is -0.714. The van der Waals surface area contributed by atoms with Gasteiger partial charge in [0.15, 0.2) is 5.82 Å². The lowest BCUT2D eigenvalue weighted by Crippen LogP contribution is -2.13. The number of hydrogen-bond acceptors (Lipinski definition) is 1. The molecule has 1 amide bonds. The van der Waals surface area contributed by atoms with Crippen LogP contribution in [0.3, 0.4) is 0 Å². The molecule has 0 spiro atoms. The molecule has 92 valence electrons. The molecule has 0 unspecified atom stereocenters. The third-order valence-corrected chi connectivity index (χ3v) is 3.12. The zero-order valence-electron chi connectivity index (χ0n) is 9.08. The number of carbonyl (C=O) groups excluding carboxylic acids is 1. The van der Waals surface area contributed by atoms with Gasteiger partial charge in [-0.15, -0.1) is 0 Å². The summed E-state index contributed by atoms with van der Waals surface area (Å²) in [7, 11) is 0. The van der Waals surface area contributed by atoms with Crippen molar-refractivity contribution in [3.8, 4) is 0 Å². The molecule has 2 rings (SSSR count). The van der Waals surface area contributed by atoms with Gasteiger partial charge in [-0.3, -0.25) is 4.79 Å². The number of halogens is 3. The fourth-order valence-electron chi connectivity index (χ4n) is 1.41. The molecule has 0 aliphatic carbocycles. The van der Waals surface area contributed by atoms with Gasteiger partial charge in [0, 0.05) is 10.2 Å². The molecule has 0 atom stereocenters. The van der Waals surface area contributed by atoms with Gasteiger partial charge in [0.1, 0.15) is 0 Å². The van der Waals surface area contributed by atoms with Crippen molar-refractivity contribution in [2.24, 2.45) is 0 Å². The minimum Gasteiger partial charge on any atom is -0.322 e. The first-order valence-electron chi connectivity index (χ1n) is 5.09. The number of anilines is 1. The van der Waals surface area contributed by atoms with Gasteiger partial charge in [-0.2, -0.15) is 0 Å². The van der Waals surface area contributed by atoms with E-state index in [1.54, 1.807) is 24.3 Å². The fraction of sp³-hybridized carbons (Fsp3) is 0. The van der Waals surface area contributed by atoms with Gasteiger partial charge in [-0.1, -0.05) is 33.6 Å². The Labute approximate surface area is 117 Å². The van der Waals surface area contributed by atoms with Crippen molar-refractivity contribution in [2.45, 2.75) is 0 Å². The van der Waals surface area contributed by atoms with Gasteiger partial charge in [0.05, 0.1) is 10.6 Å². The van der Waals surface area contributed by atoms with Crippen LogP contribution in [0, 0.1) is 5.82 Å². The van der Waals surface area contributed by atoms with E-state index >= 15 is 0 Å². The van der Waals surface area contributed by atoms with Gasteiger partial charge in [0.25, 0.3) is 5.91 Å². The lowest BCUT2D eigenvalue weighted by molar-refractivity contribution is 0.102. The van der Waals surface area contributed by atoms with Crippen LogP contribution in [-0.2, 0) is 0 Å². The average Bonchev–Trinajstić information content (AvgIpc) is 2.35. The number of nitrogens with one attached hydrogen (secondary N) is 1. The Hall–Kier alpha value is -1.39. The molecule has 5 heteroatoms. The normalized spacial score (nSPS) is 10.2. The van der Waals surface area contributed by atoms with Crippen molar-refractivity contribution in [2.75, 3.05) is 5.32 Å². The van der Waals surface area contributed by atoms with E-state index < -0.39 is 11.7 Å². The number of amides is 1. The Balaban J connectivity index is 2.22. The summed E-state index contributed by atoms with van der Waals surface area (Å²) in [5.74, 6) is -1.24. The van der Waals surface area contributed by atoms with E-state index in [0.29, 0.717) is 5.69 Å². The highest BCUT2D eigenvalue weighted by molar-refractivity contribution is 9.10. The van der Waals surface area contributed by atoms with Crippen LogP contribution in [0.2, 0.25) is 5.02 Å². The second kappa shape index (κ2) is 5.50. The van der Waals surface area contributed by atoms with Crippen molar-refractivity contribution >= 4 is 39.1 Å². The maximum absolute atomic E-state index is 13.6. The third kappa shape index (κ3) is 2.89. The van der Waals surface area contributed by atoms with E-state index in [1.807, 2.05) is 0 Å². The Kier molecular flexibility index (Phi) is 3.99. The van der Waals surface area contributed by atoms with Gasteiger partial charge in [-0.05, 0) is 36.4 Å². The van der Waals surface area contributed by atoms with Gasteiger partial charge in [-0.25, -0.2) is 4.39 Å². The maximum Gasteiger partial charge on any atom is 0.258 e. The molecule has 0 bridgehead atoms. The third-order valence-electron chi connectivity index (χ3n) is 2.30. The summed E-state index contributed by atoms with van der Waals surface area (Å²) in [5.41, 5.74) is 0.507. The van der Waals surface area contributed by atoms with Gasteiger partial charge in [0.2, 0.25) is 0 Å². The van der Waals surface area contributed by atoms with Crippen molar-refractivity contribution in [1.82, 2.24) is 0 Å². The lowest BCUT2D eigenvalue weighted by Gasteiger charge is -2.06. The molecule has 2 aromatic carbocycles. The van der Waals surface area contributed by atoms with Crippen LogP contribution < -0.4 is 5.32 Å². The van der Waals surface area contributed by atoms with Crippen LogP contribution in [0.15, 0.2) is 46.9 Å². The topological polar surface area (TPSA) is 29.1 Å². The highest BCUT2D eigenvalue weighted by Crippen LogP contribution is 2.20. The van der Waals surface area contributed by atoms with Crippen molar-refractivity contribution in [1.29, 1.82) is 0 Å². The molecular formula is C13H8BrClFNO. The zero-order chi connectivity index (χ0) is 13.1. The van der Waals surface area contributed by atoms with E-state index in [2.05, 4.69) is 21.2 Å². The number of benzene rings is 2. The Bertz CT molecular complexity index is 586. The molecule has 18 heavy (non-hydrogen) atoms. The van der Waals surface area contributed by atoms with Crippen molar-refractivity contribution in [3.05, 3.63) is 63.3 Å². The largest absolute Gasteiger partial charge is 0.322 e. The van der Waals surface area contributed by atoms with Crippen molar-refractivity contribution < 1.29 is 9.18 Å². The second-order valence-electron chi connectivity index (χ2n) is 3.56. The number of hydrogen-bond donors (Lipinski definition) is 1. The average molecular weight is 329 g/mol. The molecule has 2 nitrogen and oxygen atoms in total. The standard InChI is InChI=1S/C13H8BrClFNO/c14-8-4-6-9(7-5-8)17-13(18)10-2-1-3-11(15)12(10)16/h1-7H,(H,17,18). The van der Waals surface area contributed by atoms with Crippen LogP contribution in [0.25, 0.3) is 0 Å².